The predicted molar refractivity (Wildman–Crippen MR) is 58.8 cm³/mol. The average molecular weight is 250 g/mol. The summed E-state index contributed by atoms with van der Waals surface area (Å²) in [5.41, 5.74) is -3.31. The van der Waals surface area contributed by atoms with Gasteiger partial charge in [-0.25, -0.2) is 4.79 Å². The fourth-order valence-electron chi connectivity index (χ4n) is 2.47. The van der Waals surface area contributed by atoms with Gasteiger partial charge in [0.2, 0.25) is 0 Å². The van der Waals surface area contributed by atoms with Gasteiger partial charge < -0.3 is 9.84 Å². The Hall–Kier alpha value is -0.710. The number of carbonyl (C=O) groups excluding carboxylic acids is 1. The first-order chi connectivity index (χ1) is 7.69. The largest absolute Gasteiger partial charge is 0.461 e. The van der Waals surface area contributed by atoms with Gasteiger partial charge in [0.05, 0.1) is 6.61 Å². The Morgan fingerprint density at radius 3 is 2.35 bits per heavy atom. The number of rotatable bonds is 3. The highest BCUT2D eigenvalue weighted by Crippen LogP contribution is 2.51. The molecular weight excluding hydrogens is 230 g/mol. The third-order valence-electron chi connectivity index (χ3n) is 3.76. The summed E-state index contributed by atoms with van der Waals surface area (Å²) < 4.78 is 32.5. The Morgan fingerprint density at radius 1 is 1.35 bits per heavy atom. The highest BCUT2D eigenvalue weighted by molar-refractivity contribution is 5.79. The summed E-state index contributed by atoms with van der Waals surface area (Å²) >= 11 is 0. The molecule has 0 bridgehead atoms. The first-order valence-electron chi connectivity index (χ1n) is 5.96. The van der Waals surface area contributed by atoms with Gasteiger partial charge in [0.15, 0.2) is 0 Å². The molecule has 0 radical (unpaired) electrons. The first kappa shape index (κ1) is 14.4. The van der Waals surface area contributed by atoms with Crippen LogP contribution in [-0.4, -0.2) is 29.2 Å². The fourth-order valence-corrected chi connectivity index (χ4v) is 2.47. The molecule has 1 fully saturated rings. The molecular formula is C12H20F2O3. The number of hydrogen-bond acceptors (Lipinski definition) is 3. The molecule has 1 atom stereocenters. The molecule has 1 aliphatic rings. The lowest BCUT2D eigenvalue weighted by Crippen LogP contribution is -2.63. The van der Waals surface area contributed by atoms with E-state index in [0.717, 1.165) is 6.42 Å². The van der Waals surface area contributed by atoms with Crippen molar-refractivity contribution in [1.82, 2.24) is 0 Å². The van der Waals surface area contributed by atoms with Crippen molar-refractivity contribution in [2.24, 2.45) is 5.41 Å². The molecule has 0 aliphatic heterocycles. The zero-order chi connectivity index (χ0) is 13.3. The highest BCUT2D eigenvalue weighted by atomic mass is 19.3. The van der Waals surface area contributed by atoms with Gasteiger partial charge in [-0.05, 0) is 19.8 Å². The van der Waals surface area contributed by atoms with Crippen LogP contribution in [0.2, 0.25) is 0 Å². The maximum absolute atomic E-state index is 14.0. The topological polar surface area (TPSA) is 46.5 Å². The molecule has 1 saturated carbocycles. The van der Waals surface area contributed by atoms with Gasteiger partial charge >= 0.3 is 11.9 Å². The highest BCUT2D eigenvalue weighted by Gasteiger charge is 2.66. The van der Waals surface area contributed by atoms with E-state index in [-0.39, 0.29) is 13.0 Å². The third-order valence-corrected chi connectivity index (χ3v) is 3.76. The number of carbonyl (C=O) groups is 1. The Bertz CT molecular complexity index is 302. The SMILES string of the molecule is CCOC(=O)C(F)(F)C1(O)CCCCC1(C)C. The fraction of sp³-hybridized carbons (Fsp3) is 0.917. The Balaban J connectivity index is 3.05. The van der Waals surface area contributed by atoms with Crippen molar-refractivity contribution in [1.29, 1.82) is 0 Å². The van der Waals surface area contributed by atoms with E-state index in [1.54, 1.807) is 13.8 Å². The van der Waals surface area contributed by atoms with Gasteiger partial charge in [-0.2, -0.15) is 8.78 Å². The molecule has 1 aliphatic carbocycles. The van der Waals surface area contributed by atoms with Crippen molar-refractivity contribution in [3.63, 3.8) is 0 Å². The number of esters is 1. The summed E-state index contributed by atoms with van der Waals surface area (Å²) in [5, 5.41) is 10.3. The number of hydrogen-bond donors (Lipinski definition) is 1. The zero-order valence-electron chi connectivity index (χ0n) is 10.6. The molecule has 1 N–H and O–H groups in total. The van der Waals surface area contributed by atoms with Crippen LogP contribution in [0.1, 0.15) is 46.5 Å². The molecule has 0 aromatic carbocycles. The molecule has 0 amide bonds. The van der Waals surface area contributed by atoms with Gasteiger partial charge in [0.25, 0.3) is 0 Å². The van der Waals surface area contributed by atoms with Crippen molar-refractivity contribution < 1.29 is 23.4 Å². The van der Waals surface area contributed by atoms with Crippen LogP contribution in [0.15, 0.2) is 0 Å². The summed E-state index contributed by atoms with van der Waals surface area (Å²) in [6, 6.07) is 0. The molecule has 100 valence electrons. The van der Waals surface area contributed by atoms with Crippen molar-refractivity contribution in [2.45, 2.75) is 58.0 Å². The molecule has 17 heavy (non-hydrogen) atoms. The molecule has 0 aromatic rings. The summed E-state index contributed by atoms with van der Waals surface area (Å²) in [4.78, 5) is 11.3. The average Bonchev–Trinajstić information content (AvgIpc) is 2.22. The molecule has 3 nitrogen and oxygen atoms in total. The quantitative estimate of drug-likeness (QED) is 0.783. The number of ether oxygens (including phenoxy) is 1. The second kappa shape index (κ2) is 4.52. The van der Waals surface area contributed by atoms with E-state index >= 15 is 0 Å². The zero-order valence-corrected chi connectivity index (χ0v) is 10.6. The molecule has 0 saturated heterocycles. The minimum atomic E-state index is -3.85. The molecule has 0 spiro atoms. The molecule has 0 heterocycles. The van der Waals surface area contributed by atoms with Crippen LogP contribution in [0, 0.1) is 5.41 Å². The second-order valence-corrected chi connectivity index (χ2v) is 5.25. The number of alkyl halides is 2. The van der Waals surface area contributed by atoms with Crippen LogP contribution in [0.4, 0.5) is 8.78 Å². The smallest absolute Gasteiger partial charge is 0.380 e. The van der Waals surface area contributed by atoms with Crippen molar-refractivity contribution in [2.75, 3.05) is 6.61 Å². The molecule has 1 rings (SSSR count). The summed E-state index contributed by atoms with van der Waals surface area (Å²) in [5.74, 6) is -5.48. The van der Waals surface area contributed by atoms with E-state index in [2.05, 4.69) is 4.74 Å². The Labute approximate surface area is 100 Å². The molecule has 1 unspecified atom stereocenters. The maximum atomic E-state index is 14.0. The van der Waals surface area contributed by atoms with Crippen molar-refractivity contribution >= 4 is 5.97 Å². The van der Waals surface area contributed by atoms with E-state index in [1.807, 2.05) is 0 Å². The van der Waals surface area contributed by atoms with E-state index in [1.165, 1.54) is 6.92 Å². The molecule has 5 heteroatoms. The summed E-state index contributed by atoms with van der Waals surface area (Å²) in [6.07, 6.45) is 1.67. The number of aliphatic hydroxyl groups is 1. The molecule has 0 aromatic heterocycles. The van der Waals surface area contributed by atoms with Gasteiger partial charge in [-0.3, -0.25) is 0 Å². The van der Waals surface area contributed by atoms with E-state index in [4.69, 9.17) is 0 Å². The van der Waals surface area contributed by atoms with Crippen LogP contribution in [0.25, 0.3) is 0 Å². The standard InChI is InChI=1S/C12H20F2O3/c1-4-17-9(15)12(13,14)11(16)8-6-5-7-10(11,2)3/h16H,4-8H2,1-3H3. The number of halogens is 2. The van der Waals surface area contributed by atoms with Crippen LogP contribution in [-0.2, 0) is 9.53 Å². The Morgan fingerprint density at radius 2 is 1.88 bits per heavy atom. The van der Waals surface area contributed by atoms with E-state index in [9.17, 15) is 18.7 Å². The maximum Gasteiger partial charge on any atom is 0.380 e. The monoisotopic (exact) mass is 250 g/mol. The van der Waals surface area contributed by atoms with E-state index < -0.39 is 22.9 Å². The lowest BCUT2D eigenvalue weighted by molar-refractivity contribution is -0.252. The summed E-state index contributed by atoms with van der Waals surface area (Å²) in [7, 11) is 0. The van der Waals surface area contributed by atoms with E-state index in [0.29, 0.717) is 12.8 Å². The third kappa shape index (κ3) is 2.17. The van der Waals surface area contributed by atoms with Gasteiger partial charge in [0, 0.05) is 5.41 Å². The minimum Gasteiger partial charge on any atom is -0.461 e. The predicted octanol–water partition coefficient (Wildman–Crippen LogP) is 2.52. The minimum absolute atomic E-state index is 0.0776. The summed E-state index contributed by atoms with van der Waals surface area (Å²) in [6.45, 7) is 4.48. The first-order valence-corrected chi connectivity index (χ1v) is 5.96. The van der Waals surface area contributed by atoms with Crippen molar-refractivity contribution in [3.8, 4) is 0 Å². The van der Waals surface area contributed by atoms with Gasteiger partial charge in [-0.1, -0.05) is 26.7 Å². The normalized spacial score (nSPS) is 28.8. The van der Waals surface area contributed by atoms with Gasteiger partial charge in [-0.15, -0.1) is 0 Å². The van der Waals surface area contributed by atoms with Crippen LogP contribution in [0.5, 0.6) is 0 Å². The lowest BCUT2D eigenvalue weighted by Gasteiger charge is -2.48. The van der Waals surface area contributed by atoms with Crippen LogP contribution >= 0.6 is 0 Å². The van der Waals surface area contributed by atoms with Crippen molar-refractivity contribution in [3.05, 3.63) is 0 Å². The van der Waals surface area contributed by atoms with Crippen LogP contribution < -0.4 is 0 Å². The second-order valence-electron chi connectivity index (χ2n) is 5.25. The van der Waals surface area contributed by atoms with Gasteiger partial charge in [0.1, 0.15) is 5.60 Å². The Kier molecular flexibility index (Phi) is 3.81. The van der Waals surface area contributed by atoms with Crippen LogP contribution in [0.3, 0.4) is 0 Å². The lowest BCUT2D eigenvalue weighted by atomic mass is 9.62.